The zero-order chi connectivity index (χ0) is 28.0. The summed E-state index contributed by atoms with van der Waals surface area (Å²) in [7, 11) is 0. The number of anilines is 1. The molecule has 1 aliphatic rings. The number of halogens is 3. The average molecular weight is 540 g/mol. The van der Waals surface area contributed by atoms with E-state index in [0.29, 0.717) is 43.1 Å². The van der Waals surface area contributed by atoms with E-state index in [2.05, 4.69) is 32.0 Å². The van der Waals surface area contributed by atoms with Gasteiger partial charge in [-0.05, 0) is 42.8 Å². The maximum Gasteiger partial charge on any atom is 0.432 e. The summed E-state index contributed by atoms with van der Waals surface area (Å²) in [5.41, 5.74) is 1.29. The number of nitrogens with one attached hydrogen (secondary N) is 2. The summed E-state index contributed by atoms with van der Waals surface area (Å²) in [6.45, 7) is 7.11. The predicted molar refractivity (Wildman–Crippen MR) is 140 cm³/mol. The molecule has 1 aromatic heterocycles. The summed E-state index contributed by atoms with van der Waals surface area (Å²) in [4.78, 5) is 34.3. The second kappa shape index (κ2) is 12.0. The molecule has 3 aromatic rings. The molecule has 0 bridgehead atoms. The van der Waals surface area contributed by atoms with Crippen LogP contribution in [0.5, 0.6) is 5.75 Å². The fraction of sp³-hybridized carbons (Fsp3) is 0.321. The van der Waals surface area contributed by atoms with Gasteiger partial charge in [-0.15, -0.1) is 0 Å². The molecule has 0 radical (unpaired) electrons. The zero-order valence-corrected chi connectivity index (χ0v) is 21.6. The van der Waals surface area contributed by atoms with E-state index in [1.807, 2.05) is 25.1 Å². The number of imidazole rings is 1. The fourth-order valence-corrected chi connectivity index (χ4v) is 4.09. The van der Waals surface area contributed by atoms with Crippen LogP contribution in [-0.2, 0) is 15.8 Å². The van der Waals surface area contributed by atoms with Crippen LogP contribution >= 0.6 is 0 Å². The standard InChI is InChI=1S/C28H28F3N5O3/c1-19-4-3-5-21(16-19)6-9-26(38)33-23-17-22(27-32-18-25(34-27)28(29,30)31)7-8-24(23)39-15-14-35-10-12-36(13-11-35)20(2)37/h3-5,7-8,16-18H,10-15H2,1-2H3,(H,32,34)(H,33,38). The van der Waals surface area contributed by atoms with Gasteiger partial charge in [0.2, 0.25) is 5.91 Å². The summed E-state index contributed by atoms with van der Waals surface area (Å²) in [6.07, 6.45) is -3.84. The van der Waals surface area contributed by atoms with Crippen LogP contribution in [0, 0.1) is 18.8 Å². The molecule has 1 saturated heterocycles. The quantitative estimate of drug-likeness (QED) is 0.464. The molecule has 0 saturated carbocycles. The Morgan fingerprint density at radius 3 is 2.56 bits per heavy atom. The molecular weight excluding hydrogens is 511 g/mol. The number of nitrogens with zero attached hydrogens (tertiary/aromatic N) is 3. The molecule has 2 N–H and O–H groups in total. The third-order valence-electron chi connectivity index (χ3n) is 6.20. The van der Waals surface area contributed by atoms with Crippen molar-refractivity contribution >= 4 is 17.5 Å². The van der Waals surface area contributed by atoms with E-state index >= 15 is 0 Å². The number of carbonyl (C=O) groups is 2. The van der Waals surface area contributed by atoms with E-state index < -0.39 is 17.8 Å². The van der Waals surface area contributed by atoms with Gasteiger partial charge < -0.3 is 19.9 Å². The number of benzene rings is 2. The van der Waals surface area contributed by atoms with Crippen LogP contribution in [0.4, 0.5) is 18.9 Å². The van der Waals surface area contributed by atoms with Crippen molar-refractivity contribution in [2.75, 3.05) is 44.6 Å². The van der Waals surface area contributed by atoms with Gasteiger partial charge in [-0.25, -0.2) is 4.98 Å². The Morgan fingerprint density at radius 1 is 1.13 bits per heavy atom. The van der Waals surface area contributed by atoms with Crippen LogP contribution in [0.3, 0.4) is 0 Å². The smallest absolute Gasteiger partial charge is 0.432 e. The number of aromatic nitrogens is 2. The Kier molecular flexibility index (Phi) is 8.56. The minimum atomic E-state index is -4.56. The zero-order valence-electron chi connectivity index (χ0n) is 21.6. The van der Waals surface area contributed by atoms with E-state index in [-0.39, 0.29) is 17.4 Å². The van der Waals surface area contributed by atoms with Crippen LogP contribution in [0.15, 0.2) is 48.7 Å². The second-order valence-corrected chi connectivity index (χ2v) is 9.12. The molecule has 8 nitrogen and oxygen atoms in total. The van der Waals surface area contributed by atoms with Crippen LogP contribution in [0.2, 0.25) is 0 Å². The van der Waals surface area contributed by atoms with Gasteiger partial charge in [0.25, 0.3) is 0 Å². The first-order chi connectivity index (χ1) is 18.6. The molecule has 39 heavy (non-hydrogen) atoms. The van der Waals surface area contributed by atoms with Crippen molar-refractivity contribution in [3.05, 3.63) is 65.5 Å². The van der Waals surface area contributed by atoms with Crippen LogP contribution < -0.4 is 10.1 Å². The van der Waals surface area contributed by atoms with Gasteiger partial charge in [0, 0.05) is 56.7 Å². The van der Waals surface area contributed by atoms with Gasteiger partial charge in [0.05, 0.1) is 11.9 Å². The number of ether oxygens (including phenoxy) is 1. The first-order valence-electron chi connectivity index (χ1n) is 12.4. The highest BCUT2D eigenvalue weighted by Crippen LogP contribution is 2.33. The average Bonchev–Trinajstić information content (AvgIpc) is 3.40. The number of H-pyrrole nitrogens is 1. The van der Waals surface area contributed by atoms with Crippen LogP contribution in [0.1, 0.15) is 23.7 Å². The molecular formula is C28H28F3N5O3. The van der Waals surface area contributed by atoms with Gasteiger partial charge in [-0.2, -0.15) is 13.2 Å². The maximum absolute atomic E-state index is 13.0. The van der Waals surface area contributed by atoms with Gasteiger partial charge in [0.15, 0.2) is 0 Å². The SMILES string of the molecule is CC(=O)N1CCN(CCOc2ccc(-c3ncc(C(F)(F)F)[nH]3)cc2NC(=O)C#Cc2cccc(C)c2)CC1. The van der Waals surface area contributed by atoms with E-state index in [9.17, 15) is 22.8 Å². The van der Waals surface area contributed by atoms with Crippen molar-refractivity contribution < 1.29 is 27.5 Å². The number of aryl methyl sites for hydroxylation is 1. The van der Waals surface area contributed by atoms with E-state index in [1.165, 1.54) is 6.07 Å². The predicted octanol–water partition coefficient (Wildman–Crippen LogP) is 3.94. The highest BCUT2D eigenvalue weighted by molar-refractivity contribution is 6.05. The normalized spacial score (nSPS) is 13.9. The summed E-state index contributed by atoms with van der Waals surface area (Å²) in [5.74, 6) is 5.14. The van der Waals surface area contributed by atoms with Crippen molar-refractivity contribution in [3.63, 3.8) is 0 Å². The first kappa shape index (κ1) is 27.7. The van der Waals surface area contributed by atoms with E-state index in [4.69, 9.17) is 4.74 Å². The number of hydrogen-bond donors (Lipinski definition) is 2. The molecule has 0 unspecified atom stereocenters. The maximum atomic E-state index is 13.0. The molecule has 2 aromatic carbocycles. The second-order valence-electron chi connectivity index (χ2n) is 9.12. The minimum absolute atomic E-state index is 0.00133. The van der Waals surface area contributed by atoms with E-state index in [0.717, 1.165) is 24.8 Å². The van der Waals surface area contributed by atoms with Gasteiger partial charge in [-0.3, -0.25) is 14.5 Å². The number of carbonyl (C=O) groups excluding carboxylic acids is 2. The number of alkyl halides is 3. The highest BCUT2D eigenvalue weighted by atomic mass is 19.4. The largest absolute Gasteiger partial charge is 0.490 e. The Balaban J connectivity index is 1.49. The number of amides is 2. The van der Waals surface area contributed by atoms with Crippen molar-refractivity contribution in [1.82, 2.24) is 19.8 Å². The minimum Gasteiger partial charge on any atom is -0.490 e. The molecule has 11 heteroatoms. The Morgan fingerprint density at radius 2 is 1.90 bits per heavy atom. The third kappa shape index (κ3) is 7.61. The van der Waals surface area contributed by atoms with Crippen molar-refractivity contribution in [3.8, 4) is 29.0 Å². The number of rotatable bonds is 6. The Labute approximate surface area is 224 Å². The van der Waals surface area contributed by atoms with Gasteiger partial charge in [0.1, 0.15) is 23.9 Å². The number of piperazine rings is 1. The molecule has 204 valence electrons. The highest BCUT2D eigenvalue weighted by Gasteiger charge is 2.33. The van der Waals surface area contributed by atoms with Crippen LogP contribution in [-0.4, -0.2) is 70.9 Å². The molecule has 1 fully saturated rings. The number of hydrogen-bond acceptors (Lipinski definition) is 5. The molecule has 0 spiro atoms. The Hall–Kier alpha value is -4.30. The lowest BCUT2D eigenvalue weighted by molar-refractivity contribution is -0.140. The van der Waals surface area contributed by atoms with Crippen molar-refractivity contribution in [2.24, 2.45) is 0 Å². The fourth-order valence-electron chi connectivity index (χ4n) is 4.09. The molecule has 2 heterocycles. The summed E-state index contributed by atoms with van der Waals surface area (Å²) >= 11 is 0. The lowest BCUT2D eigenvalue weighted by atomic mass is 10.1. The lowest BCUT2D eigenvalue weighted by Gasteiger charge is -2.34. The first-order valence-corrected chi connectivity index (χ1v) is 12.4. The molecule has 0 aliphatic carbocycles. The van der Waals surface area contributed by atoms with Crippen molar-refractivity contribution in [1.29, 1.82) is 0 Å². The van der Waals surface area contributed by atoms with Crippen LogP contribution in [0.25, 0.3) is 11.4 Å². The lowest BCUT2D eigenvalue weighted by Crippen LogP contribution is -2.48. The molecule has 2 amide bonds. The monoisotopic (exact) mass is 539 g/mol. The Bertz CT molecular complexity index is 1400. The summed E-state index contributed by atoms with van der Waals surface area (Å²) in [5, 5.41) is 2.69. The van der Waals surface area contributed by atoms with Gasteiger partial charge in [-0.1, -0.05) is 18.1 Å². The number of aromatic amines is 1. The molecule has 4 rings (SSSR count). The third-order valence-corrected chi connectivity index (χ3v) is 6.20. The molecule has 0 atom stereocenters. The van der Waals surface area contributed by atoms with E-state index in [1.54, 1.807) is 30.0 Å². The summed E-state index contributed by atoms with van der Waals surface area (Å²) in [6, 6.07) is 12.0. The topological polar surface area (TPSA) is 90.6 Å². The van der Waals surface area contributed by atoms with Crippen molar-refractivity contribution in [2.45, 2.75) is 20.0 Å². The summed E-state index contributed by atoms with van der Waals surface area (Å²) < 4.78 is 45.1. The molecule has 1 aliphatic heterocycles. The van der Waals surface area contributed by atoms with Gasteiger partial charge >= 0.3 is 12.1 Å².